The maximum absolute atomic E-state index is 13.1. The Labute approximate surface area is 153 Å². The quantitative estimate of drug-likeness (QED) is 0.799. The van der Waals surface area contributed by atoms with Crippen molar-refractivity contribution < 1.29 is 13.9 Å². The average Bonchev–Trinajstić information content (AvgIpc) is 2.63. The van der Waals surface area contributed by atoms with E-state index in [1.54, 1.807) is 6.07 Å². The van der Waals surface area contributed by atoms with Crippen LogP contribution in [0.4, 0.5) is 4.39 Å². The number of piperazine rings is 1. The molecule has 0 spiro atoms. The minimum Gasteiger partial charge on any atom is -0.381 e. The first-order chi connectivity index (χ1) is 12.1. The van der Waals surface area contributed by atoms with Gasteiger partial charge in [0, 0.05) is 57.4 Å². The van der Waals surface area contributed by atoms with Crippen LogP contribution < -0.4 is 0 Å². The van der Waals surface area contributed by atoms with Crippen LogP contribution in [0.2, 0.25) is 5.02 Å². The van der Waals surface area contributed by atoms with E-state index in [-0.39, 0.29) is 11.7 Å². The minimum absolute atomic E-state index is 0.269. The molecule has 2 aliphatic rings. The fourth-order valence-corrected chi connectivity index (χ4v) is 3.79. The molecule has 0 aromatic heterocycles. The van der Waals surface area contributed by atoms with Crippen LogP contribution in [-0.2, 0) is 16.1 Å². The van der Waals surface area contributed by atoms with Crippen LogP contribution in [0.3, 0.4) is 0 Å². The number of carbonyl (C=O) groups is 1. The lowest BCUT2D eigenvalue weighted by Gasteiger charge is -2.35. The van der Waals surface area contributed by atoms with Crippen molar-refractivity contribution in [1.82, 2.24) is 9.80 Å². The summed E-state index contributed by atoms with van der Waals surface area (Å²) in [6.45, 7) is 5.54. The van der Waals surface area contributed by atoms with Gasteiger partial charge in [-0.2, -0.15) is 0 Å². The zero-order chi connectivity index (χ0) is 17.6. The van der Waals surface area contributed by atoms with Gasteiger partial charge in [-0.1, -0.05) is 17.7 Å². The van der Waals surface area contributed by atoms with Crippen molar-refractivity contribution >= 4 is 17.5 Å². The predicted molar refractivity (Wildman–Crippen MR) is 96.0 cm³/mol. The number of hydrogen-bond acceptors (Lipinski definition) is 3. The lowest BCUT2D eigenvalue weighted by atomic mass is 9.94. The third kappa shape index (κ3) is 5.40. The number of amides is 1. The van der Waals surface area contributed by atoms with Gasteiger partial charge < -0.3 is 9.64 Å². The van der Waals surface area contributed by atoms with Gasteiger partial charge in [-0.25, -0.2) is 4.39 Å². The Balaban J connectivity index is 1.41. The highest BCUT2D eigenvalue weighted by atomic mass is 35.5. The van der Waals surface area contributed by atoms with Crippen molar-refractivity contribution in [3.8, 4) is 0 Å². The summed E-state index contributed by atoms with van der Waals surface area (Å²) >= 11 is 6.10. The molecule has 2 fully saturated rings. The highest BCUT2D eigenvalue weighted by Gasteiger charge is 2.23. The lowest BCUT2D eigenvalue weighted by Crippen LogP contribution is -2.48. The van der Waals surface area contributed by atoms with Crippen LogP contribution in [0.25, 0.3) is 0 Å². The third-order valence-electron chi connectivity index (χ3n) is 5.24. The van der Waals surface area contributed by atoms with Gasteiger partial charge in [-0.05, 0) is 42.9 Å². The fraction of sp³-hybridized carbons (Fsp3) is 0.632. The number of nitrogens with zero attached hydrogens (tertiary/aromatic N) is 2. The number of ether oxygens (including phenoxy) is 1. The first-order valence-corrected chi connectivity index (χ1v) is 9.51. The molecule has 0 saturated carbocycles. The SMILES string of the molecule is O=C(CCC1CCOCC1)N1CCN(Cc2ccc(F)cc2Cl)CC1. The Kier molecular flexibility index (Phi) is 6.68. The maximum Gasteiger partial charge on any atom is 0.222 e. The summed E-state index contributed by atoms with van der Waals surface area (Å²) in [4.78, 5) is 16.7. The normalized spacial score (nSPS) is 20.0. The Hall–Kier alpha value is -1.17. The van der Waals surface area contributed by atoms with Crippen molar-refractivity contribution in [3.63, 3.8) is 0 Å². The molecular weight excluding hydrogens is 343 g/mol. The average molecular weight is 369 g/mol. The van der Waals surface area contributed by atoms with Gasteiger partial charge in [0.25, 0.3) is 0 Å². The van der Waals surface area contributed by atoms with E-state index >= 15 is 0 Å². The van der Waals surface area contributed by atoms with Gasteiger partial charge >= 0.3 is 0 Å². The molecule has 0 atom stereocenters. The summed E-state index contributed by atoms with van der Waals surface area (Å²) in [5.41, 5.74) is 0.933. The Bertz CT molecular complexity index is 585. The third-order valence-corrected chi connectivity index (χ3v) is 5.59. The van der Waals surface area contributed by atoms with Crippen LogP contribution in [0, 0.1) is 11.7 Å². The van der Waals surface area contributed by atoms with E-state index in [0.29, 0.717) is 23.9 Å². The molecule has 1 aromatic carbocycles. The summed E-state index contributed by atoms with van der Waals surface area (Å²) in [6, 6.07) is 4.54. The van der Waals surface area contributed by atoms with E-state index in [9.17, 15) is 9.18 Å². The molecule has 138 valence electrons. The van der Waals surface area contributed by atoms with E-state index < -0.39 is 0 Å². The Morgan fingerprint density at radius 2 is 1.92 bits per heavy atom. The van der Waals surface area contributed by atoms with Gasteiger partial charge in [-0.3, -0.25) is 9.69 Å². The first kappa shape index (κ1) is 18.6. The first-order valence-electron chi connectivity index (χ1n) is 9.13. The van der Waals surface area contributed by atoms with Gasteiger partial charge in [0.15, 0.2) is 0 Å². The largest absolute Gasteiger partial charge is 0.381 e. The summed E-state index contributed by atoms with van der Waals surface area (Å²) in [7, 11) is 0. The predicted octanol–water partition coefficient (Wildman–Crippen LogP) is 3.33. The fourth-order valence-electron chi connectivity index (χ4n) is 3.57. The number of carbonyl (C=O) groups excluding carboxylic acids is 1. The van der Waals surface area contributed by atoms with Crippen LogP contribution in [-0.4, -0.2) is 55.1 Å². The molecule has 0 N–H and O–H groups in total. The molecule has 0 bridgehead atoms. The molecule has 0 unspecified atom stereocenters. The zero-order valence-electron chi connectivity index (χ0n) is 14.6. The topological polar surface area (TPSA) is 32.8 Å². The molecule has 25 heavy (non-hydrogen) atoms. The van der Waals surface area contributed by atoms with Crippen LogP contribution >= 0.6 is 11.6 Å². The van der Waals surface area contributed by atoms with Crippen molar-refractivity contribution in [2.45, 2.75) is 32.2 Å². The molecule has 0 aliphatic carbocycles. The lowest BCUT2D eigenvalue weighted by molar-refractivity contribution is -0.133. The van der Waals surface area contributed by atoms with Gasteiger partial charge in [0.2, 0.25) is 5.91 Å². The van der Waals surface area contributed by atoms with E-state index in [2.05, 4.69) is 4.90 Å². The highest BCUT2D eigenvalue weighted by Crippen LogP contribution is 2.22. The molecule has 1 aromatic rings. The monoisotopic (exact) mass is 368 g/mol. The molecule has 0 radical (unpaired) electrons. The van der Waals surface area contributed by atoms with Crippen molar-refractivity contribution in [1.29, 1.82) is 0 Å². The Morgan fingerprint density at radius 1 is 1.20 bits per heavy atom. The second-order valence-corrected chi connectivity index (χ2v) is 7.39. The van der Waals surface area contributed by atoms with Crippen LogP contribution in [0.5, 0.6) is 0 Å². The molecule has 1 amide bonds. The van der Waals surface area contributed by atoms with E-state index in [0.717, 1.165) is 64.2 Å². The summed E-state index contributed by atoms with van der Waals surface area (Å²) < 4.78 is 18.5. The van der Waals surface area contributed by atoms with Crippen molar-refractivity contribution in [2.24, 2.45) is 5.92 Å². The number of rotatable bonds is 5. The summed E-state index contributed by atoms with van der Waals surface area (Å²) in [5.74, 6) is 0.597. The van der Waals surface area contributed by atoms with Crippen molar-refractivity contribution in [2.75, 3.05) is 39.4 Å². The molecule has 4 nitrogen and oxygen atoms in total. The molecule has 3 rings (SSSR count). The smallest absolute Gasteiger partial charge is 0.222 e. The van der Waals surface area contributed by atoms with Gasteiger partial charge in [0.05, 0.1) is 0 Å². The van der Waals surface area contributed by atoms with E-state index in [1.807, 2.05) is 4.90 Å². The molecule has 2 aliphatic heterocycles. The zero-order valence-corrected chi connectivity index (χ0v) is 15.3. The second kappa shape index (κ2) is 8.97. The van der Waals surface area contributed by atoms with Crippen LogP contribution in [0.1, 0.15) is 31.2 Å². The standard InChI is InChI=1S/C19H26ClFN2O2/c20-18-13-17(21)3-2-16(18)14-22-7-9-23(10-8-22)19(24)4-1-15-5-11-25-12-6-15/h2-3,13,15H,1,4-12,14H2. The number of benzene rings is 1. The Morgan fingerprint density at radius 3 is 2.60 bits per heavy atom. The highest BCUT2D eigenvalue weighted by molar-refractivity contribution is 6.31. The molecule has 2 heterocycles. The van der Waals surface area contributed by atoms with Gasteiger partial charge in [0.1, 0.15) is 5.82 Å². The van der Waals surface area contributed by atoms with E-state index in [1.165, 1.54) is 12.1 Å². The van der Waals surface area contributed by atoms with Gasteiger partial charge in [-0.15, -0.1) is 0 Å². The number of halogens is 2. The van der Waals surface area contributed by atoms with Crippen molar-refractivity contribution in [3.05, 3.63) is 34.6 Å². The number of hydrogen-bond donors (Lipinski definition) is 0. The summed E-state index contributed by atoms with van der Waals surface area (Å²) in [5, 5.41) is 0.468. The minimum atomic E-state index is -0.311. The van der Waals surface area contributed by atoms with Crippen LogP contribution in [0.15, 0.2) is 18.2 Å². The summed E-state index contributed by atoms with van der Waals surface area (Å²) in [6.07, 6.45) is 3.79. The molecule has 2 saturated heterocycles. The second-order valence-electron chi connectivity index (χ2n) is 6.99. The molecule has 6 heteroatoms. The molecular formula is C19H26ClFN2O2. The maximum atomic E-state index is 13.1. The van der Waals surface area contributed by atoms with E-state index in [4.69, 9.17) is 16.3 Å².